The Morgan fingerprint density at radius 1 is 1.38 bits per heavy atom. The Balaban J connectivity index is 1.71. The number of rotatable bonds is 4. The molecule has 1 saturated carbocycles. The van der Waals surface area contributed by atoms with Crippen LogP contribution in [0.5, 0.6) is 0 Å². The molecule has 2 nitrogen and oxygen atoms in total. The molecule has 0 spiro atoms. The summed E-state index contributed by atoms with van der Waals surface area (Å²) >= 11 is 0. The Kier molecular flexibility index (Phi) is 3.38. The van der Waals surface area contributed by atoms with Crippen LogP contribution in [-0.4, -0.2) is 11.9 Å². The van der Waals surface area contributed by atoms with Gasteiger partial charge in [-0.25, -0.2) is 0 Å². The van der Waals surface area contributed by atoms with Crippen molar-refractivity contribution in [1.29, 1.82) is 0 Å². The highest BCUT2D eigenvalue weighted by Crippen LogP contribution is 2.31. The second-order valence-corrected chi connectivity index (χ2v) is 4.10. The largest absolute Gasteiger partial charge is 0.373 e. The molecule has 1 aromatic carbocycles. The molecule has 0 bridgehead atoms. The molecule has 0 aromatic heterocycles. The normalized spacial score (nSPS) is 23.2. The third-order valence-electron chi connectivity index (χ3n) is 2.94. The van der Waals surface area contributed by atoms with Gasteiger partial charge in [-0.15, -0.1) is 6.42 Å². The summed E-state index contributed by atoms with van der Waals surface area (Å²) in [6.07, 6.45) is 6.80. The molecule has 0 N–H and O–H groups in total. The second-order valence-electron chi connectivity index (χ2n) is 4.10. The summed E-state index contributed by atoms with van der Waals surface area (Å²) in [6.45, 7) is 0.614. The maximum absolute atomic E-state index is 11.1. The van der Waals surface area contributed by atoms with Gasteiger partial charge in [-0.3, -0.25) is 4.79 Å². The van der Waals surface area contributed by atoms with E-state index in [1.165, 1.54) is 0 Å². The van der Waals surface area contributed by atoms with Crippen molar-refractivity contribution in [2.24, 2.45) is 5.92 Å². The van der Waals surface area contributed by atoms with Crippen molar-refractivity contribution in [2.45, 2.75) is 25.6 Å². The Bertz CT molecular complexity index is 396. The Morgan fingerprint density at radius 2 is 2.06 bits per heavy atom. The monoisotopic (exact) mass is 214 g/mol. The van der Waals surface area contributed by atoms with Crippen LogP contribution >= 0.6 is 0 Å². The summed E-state index contributed by atoms with van der Waals surface area (Å²) in [6, 6.07) is 10.0. The average Bonchev–Trinajstić information content (AvgIpc) is 2.28. The van der Waals surface area contributed by atoms with Crippen molar-refractivity contribution in [2.75, 3.05) is 0 Å². The summed E-state index contributed by atoms with van der Waals surface area (Å²) in [4.78, 5) is 11.1. The first-order chi connectivity index (χ1) is 7.79. The molecule has 82 valence electrons. The minimum atomic E-state index is -0.0837. The lowest BCUT2D eigenvalue weighted by atomic mass is 9.79. The third kappa shape index (κ3) is 2.50. The van der Waals surface area contributed by atoms with E-state index in [2.05, 4.69) is 5.92 Å². The van der Waals surface area contributed by atoms with Crippen LogP contribution in [-0.2, 0) is 16.1 Å². The molecule has 0 aliphatic heterocycles. The molecule has 1 fully saturated rings. The van der Waals surface area contributed by atoms with Crippen LogP contribution < -0.4 is 0 Å². The van der Waals surface area contributed by atoms with Crippen molar-refractivity contribution >= 4 is 5.78 Å². The highest BCUT2D eigenvalue weighted by atomic mass is 16.5. The lowest BCUT2D eigenvalue weighted by Crippen LogP contribution is -2.35. The zero-order valence-corrected chi connectivity index (χ0v) is 9.06. The minimum Gasteiger partial charge on any atom is -0.373 e. The SMILES string of the molecule is C#CC(=O)C1CC(OCc2ccccc2)C1. The fourth-order valence-corrected chi connectivity index (χ4v) is 1.82. The highest BCUT2D eigenvalue weighted by molar-refractivity contribution is 5.97. The molecule has 0 unspecified atom stereocenters. The number of ether oxygens (including phenoxy) is 1. The van der Waals surface area contributed by atoms with Gasteiger partial charge in [-0.05, 0) is 24.3 Å². The topological polar surface area (TPSA) is 26.3 Å². The summed E-state index contributed by atoms with van der Waals surface area (Å²) in [5, 5.41) is 0. The van der Waals surface area contributed by atoms with Gasteiger partial charge in [0, 0.05) is 5.92 Å². The maximum atomic E-state index is 11.1. The van der Waals surface area contributed by atoms with E-state index in [1.807, 2.05) is 30.3 Å². The molecular formula is C14H14O2. The predicted molar refractivity (Wildman–Crippen MR) is 61.6 cm³/mol. The number of carbonyl (C=O) groups excluding carboxylic acids is 1. The van der Waals surface area contributed by atoms with Gasteiger partial charge in [0.05, 0.1) is 12.7 Å². The first-order valence-electron chi connectivity index (χ1n) is 5.45. The first kappa shape index (κ1) is 10.9. The molecule has 0 saturated heterocycles. The van der Waals surface area contributed by atoms with Gasteiger partial charge in [-0.2, -0.15) is 0 Å². The summed E-state index contributed by atoms with van der Waals surface area (Å²) in [5.74, 6) is 2.12. The molecule has 2 rings (SSSR count). The van der Waals surface area contributed by atoms with E-state index in [0.717, 1.165) is 18.4 Å². The van der Waals surface area contributed by atoms with Crippen LogP contribution in [0.2, 0.25) is 0 Å². The van der Waals surface area contributed by atoms with E-state index in [0.29, 0.717) is 6.61 Å². The van der Waals surface area contributed by atoms with Gasteiger partial charge in [0.2, 0.25) is 5.78 Å². The average molecular weight is 214 g/mol. The van der Waals surface area contributed by atoms with Crippen LogP contribution in [0.4, 0.5) is 0 Å². The van der Waals surface area contributed by atoms with Gasteiger partial charge < -0.3 is 4.74 Å². The number of hydrogen-bond acceptors (Lipinski definition) is 2. The number of hydrogen-bond donors (Lipinski definition) is 0. The molecule has 0 heterocycles. The Labute approximate surface area is 95.6 Å². The predicted octanol–water partition coefficient (Wildman–Crippen LogP) is 2.18. The summed E-state index contributed by atoms with van der Waals surface area (Å²) in [5.41, 5.74) is 1.16. The van der Waals surface area contributed by atoms with E-state index in [4.69, 9.17) is 11.2 Å². The third-order valence-corrected chi connectivity index (χ3v) is 2.94. The minimum absolute atomic E-state index is 0.0331. The van der Waals surface area contributed by atoms with Gasteiger partial charge >= 0.3 is 0 Å². The van der Waals surface area contributed by atoms with Crippen LogP contribution in [0.1, 0.15) is 18.4 Å². The first-order valence-corrected chi connectivity index (χ1v) is 5.45. The summed E-state index contributed by atoms with van der Waals surface area (Å²) < 4.78 is 5.67. The van der Waals surface area contributed by atoms with Gasteiger partial charge in [0.25, 0.3) is 0 Å². The lowest BCUT2D eigenvalue weighted by molar-refractivity contribution is -0.126. The molecule has 0 radical (unpaired) electrons. The highest BCUT2D eigenvalue weighted by Gasteiger charge is 2.34. The van der Waals surface area contributed by atoms with Crippen molar-refractivity contribution in [1.82, 2.24) is 0 Å². The zero-order chi connectivity index (χ0) is 11.4. The van der Waals surface area contributed by atoms with Gasteiger partial charge in [0.1, 0.15) is 0 Å². The smallest absolute Gasteiger partial charge is 0.208 e. The molecule has 1 aliphatic carbocycles. The van der Waals surface area contributed by atoms with Gasteiger partial charge in [-0.1, -0.05) is 30.3 Å². The summed E-state index contributed by atoms with van der Waals surface area (Å²) in [7, 11) is 0. The van der Waals surface area contributed by atoms with Crippen molar-refractivity contribution in [3.63, 3.8) is 0 Å². The van der Waals surface area contributed by atoms with Crippen molar-refractivity contribution < 1.29 is 9.53 Å². The standard InChI is InChI=1S/C14H14O2/c1-2-14(15)12-8-13(9-12)16-10-11-6-4-3-5-7-11/h1,3-7,12-13H,8-10H2. The van der Waals surface area contributed by atoms with Crippen LogP contribution in [0.25, 0.3) is 0 Å². The van der Waals surface area contributed by atoms with E-state index < -0.39 is 0 Å². The molecule has 0 atom stereocenters. The molecule has 1 aromatic rings. The second kappa shape index (κ2) is 4.96. The number of Topliss-reactive ketones (excluding diaryl/α,β-unsaturated/α-hetero) is 1. The van der Waals surface area contributed by atoms with E-state index in [9.17, 15) is 4.79 Å². The number of ketones is 1. The number of terminal acetylenes is 1. The number of carbonyl (C=O) groups is 1. The van der Waals surface area contributed by atoms with Crippen molar-refractivity contribution in [3.05, 3.63) is 35.9 Å². The molecule has 2 heteroatoms. The van der Waals surface area contributed by atoms with Gasteiger partial charge in [0.15, 0.2) is 0 Å². The molecule has 16 heavy (non-hydrogen) atoms. The van der Waals surface area contributed by atoms with Crippen LogP contribution in [0.15, 0.2) is 30.3 Å². The van der Waals surface area contributed by atoms with E-state index in [1.54, 1.807) is 0 Å². The lowest BCUT2D eigenvalue weighted by Gasteiger charge is -2.32. The molecule has 0 amide bonds. The zero-order valence-electron chi connectivity index (χ0n) is 9.06. The van der Waals surface area contributed by atoms with Crippen LogP contribution in [0, 0.1) is 18.3 Å². The Hall–Kier alpha value is -1.59. The van der Waals surface area contributed by atoms with Crippen LogP contribution in [0.3, 0.4) is 0 Å². The molecular weight excluding hydrogens is 200 g/mol. The maximum Gasteiger partial charge on any atom is 0.208 e. The van der Waals surface area contributed by atoms with Crippen molar-refractivity contribution in [3.8, 4) is 12.3 Å². The van der Waals surface area contributed by atoms with E-state index >= 15 is 0 Å². The molecule has 1 aliphatic rings. The fourth-order valence-electron chi connectivity index (χ4n) is 1.82. The number of benzene rings is 1. The Morgan fingerprint density at radius 3 is 2.69 bits per heavy atom. The fraction of sp³-hybridized carbons (Fsp3) is 0.357. The van der Waals surface area contributed by atoms with E-state index in [-0.39, 0.29) is 17.8 Å². The quantitative estimate of drug-likeness (QED) is 0.567.